The molecule has 2 aromatic carbocycles. The molecule has 0 aliphatic heterocycles. The van der Waals surface area contributed by atoms with Gasteiger partial charge in [-0.1, -0.05) is 19.1 Å². The zero-order valence-electron chi connectivity index (χ0n) is 15.6. The van der Waals surface area contributed by atoms with Gasteiger partial charge in [0, 0.05) is 30.4 Å². The van der Waals surface area contributed by atoms with Crippen molar-refractivity contribution in [2.24, 2.45) is 7.05 Å². The third kappa shape index (κ3) is 4.44. The molecule has 0 radical (unpaired) electrons. The van der Waals surface area contributed by atoms with Crippen LogP contribution in [0.25, 0.3) is 11.4 Å². The smallest absolute Gasteiger partial charge is 0.255 e. The monoisotopic (exact) mass is 399 g/mol. The number of hydrogen-bond acceptors (Lipinski definition) is 5. The van der Waals surface area contributed by atoms with Crippen molar-refractivity contribution in [3.05, 3.63) is 60.4 Å². The average molecular weight is 399 g/mol. The Hall–Kier alpha value is -3.04. The maximum absolute atomic E-state index is 12.6. The van der Waals surface area contributed by atoms with Crippen LogP contribution in [0.5, 0.6) is 0 Å². The summed E-state index contributed by atoms with van der Waals surface area (Å²) in [4.78, 5) is 16.9. The molecule has 2 N–H and O–H groups in total. The molecule has 3 aromatic rings. The van der Waals surface area contributed by atoms with Gasteiger partial charge in [-0.05, 0) is 42.8 Å². The van der Waals surface area contributed by atoms with Crippen molar-refractivity contribution < 1.29 is 13.2 Å². The van der Waals surface area contributed by atoms with Crippen LogP contribution in [0.1, 0.15) is 23.7 Å². The summed E-state index contributed by atoms with van der Waals surface area (Å²) in [6.45, 7) is 2.27. The minimum atomic E-state index is -3.53. The molecule has 9 heteroatoms. The van der Waals surface area contributed by atoms with Gasteiger partial charge in [0.25, 0.3) is 5.91 Å². The van der Waals surface area contributed by atoms with Crippen LogP contribution < -0.4 is 10.0 Å². The summed E-state index contributed by atoms with van der Waals surface area (Å²) >= 11 is 0. The molecule has 0 fully saturated rings. The molecular weight excluding hydrogens is 378 g/mol. The van der Waals surface area contributed by atoms with Crippen LogP contribution in [0, 0.1) is 0 Å². The Morgan fingerprint density at radius 1 is 1.14 bits per heavy atom. The molecule has 0 saturated heterocycles. The van der Waals surface area contributed by atoms with Crippen molar-refractivity contribution in [2.75, 3.05) is 11.9 Å². The van der Waals surface area contributed by atoms with Crippen LogP contribution in [0.15, 0.2) is 59.8 Å². The Balaban J connectivity index is 1.74. The average Bonchev–Trinajstić information content (AvgIpc) is 3.13. The van der Waals surface area contributed by atoms with Crippen LogP contribution >= 0.6 is 0 Å². The Morgan fingerprint density at radius 2 is 1.89 bits per heavy atom. The number of rotatable bonds is 7. The highest BCUT2D eigenvalue weighted by Gasteiger charge is 2.14. The van der Waals surface area contributed by atoms with Gasteiger partial charge < -0.3 is 5.32 Å². The Labute approximate surface area is 163 Å². The summed E-state index contributed by atoms with van der Waals surface area (Å²) in [6, 6.07) is 13.1. The first-order chi connectivity index (χ1) is 13.4. The van der Waals surface area contributed by atoms with E-state index < -0.39 is 10.0 Å². The third-order valence-corrected chi connectivity index (χ3v) is 5.54. The highest BCUT2D eigenvalue weighted by Crippen LogP contribution is 2.19. The first-order valence-electron chi connectivity index (χ1n) is 8.76. The second kappa shape index (κ2) is 8.32. The van der Waals surface area contributed by atoms with Crippen LogP contribution in [0.4, 0.5) is 5.69 Å². The van der Waals surface area contributed by atoms with E-state index in [1.807, 2.05) is 13.0 Å². The van der Waals surface area contributed by atoms with E-state index >= 15 is 0 Å². The van der Waals surface area contributed by atoms with E-state index in [1.165, 1.54) is 18.5 Å². The first kappa shape index (κ1) is 19.7. The summed E-state index contributed by atoms with van der Waals surface area (Å²) < 4.78 is 28.4. The number of hydrogen-bond donors (Lipinski definition) is 2. The predicted octanol–water partition coefficient (Wildman–Crippen LogP) is 2.42. The Morgan fingerprint density at radius 3 is 2.54 bits per heavy atom. The maximum atomic E-state index is 12.6. The number of aromatic nitrogens is 3. The molecule has 0 aliphatic carbocycles. The summed E-state index contributed by atoms with van der Waals surface area (Å²) in [5, 5.41) is 6.80. The van der Waals surface area contributed by atoms with Gasteiger partial charge in [-0.3, -0.25) is 4.79 Å². The van der Waals surface area contributed by atoms with E-state index in [1.54, 1.807) is 42.1 Å². The molecule has 3 rings (SSSR count). The topological polar surface area (TPSA) is 106 Å². The first-order valence-corrected chi connectivity index (χ1v) is 10.2. The largest absolute Gasteiger partial charge is 0.322 e. The molecule has 146 valence electrons. The van der Waals surface area contributed by atoms with Gasteiger partial charge in [0.15, 0.2) is 5.82 Å². The standard InChI is InChI=1S/C19H21N5O3S/c1-3-11-22-28(26,27)17-9-7-16(8-10-17)23-19(25)15-6-4-5-14(12-15)18-20-13-21-24(18)2/h4-10,12-13,22H,3,11H2,1-2H3,(H,23,25). The number of aryl methyl sites for hydroxylation is 1. The van der Waals surface area contributed by atoms with Gasteiger partial charge in [0.1, 0.15) is 6.33 Å². The molecule has 1 amide bonds. The summed E-state index contributed by atoms with van der Waals surface area (Å²) in [5.74, 6) is 0.354. The summed E-state index contributed by atoms with van der Waals surface area (Å²) in [7, 11) is -1.75. The van der Waals surface area contributed by atoms with Gasteiger partial charge in [-0.2, -0.15) is 5.10 Å². The lowest BCUT2D eigenvalue weighted by molar-refractivity contribution is 0.102. The maximum Gasteiger partial charge on any atom is 0.255 e. The second-order valence-electron chi connectivity index (χ2n) is 6.16. The minimum absolute atomic E-state index is 0.156. The Kier molecular flexibility index (Phi) is 5.86. The number of carbonyl (C=O) groups excluding carboxylic acids is 1. The molecule has 1 aromatic heterocycles. The van der Waals surface area contributed by atoms with Crippen molar-refractivity contribution in [3.63, 3.8) is 0 Å². The van der Waals surface area contributed by atoms with Crippen LogP contribution in [0.2, 0.25) is 0 Å². The van der Waals surface area contributed by atoms with Crippen LogP contribution in [-0.4, -0.2) is 35.6 Å². The lowest BCUT2D eigenvalue weighted by Gasteiger charge is -2.09. The van der Waals surface area contributed by atoms with Gasteiger partial charge >= 0.3 is 0 Å². The molecule has 0 spiro atoms. The van der Waals surface area contributed by atoms with Crippen molar-refractivity contribution in [3.8, 4) is 11.4 Å². The van der Waals surface area contributed by atoms with Gasteiger partial charge in [0.05, 0.1) is 4.90 Å². The molecular formula is C19H21N5O3S. The fraction of sp³-hybridized carbons (Fsp3) is 0.211. The molecule has 0 atom stereocenters. The van der Waals surface area contributed by atoms with E-state index in [0.717, 1.165) is 5.56 Å². The van der Waals surface area contributed by atoms with Crippen molar-refractivity contribution in [2.45, 2.75) is 18.2 Å². The number of amides is 1. The Bertz CT molecular complexity index is 1070. The van der Waals surface area contributed by atoms with E-state index in [0.29, 0.717) is 30.0 Å². The van der Waals surface area contributed by atoms with Gasteiger partial charge in [-0.15, -0.1) is 0 Å². The predicted molar refractivity (Wildman–Crippen MR) is 106 cm³/mol. The van der Waals surface area contributed by atoms with Crippen molar-refractivity contribution >= 4 is 21.6 Å². The normalized spacial score (nSPS) is 11.4. The molecule has 0 aliphatic rings. The fourth-order valence-corrected chi connectivity index (χ4v) is 3.73. The van der Waals surface area contributed by atoms with E-state index in [-0.39, 0.29) is 10.8 Å². The molecule has 0 bridgehead atoms. The van der Waals surface area contributed by atoms with E-state index in [9.17, 15) is 13.2 Å². The highest BCUT2D eigenvalue weighted by molar-refractivity contribution is 7.89. The number of nitrogens with zero attached hydrogens (tertiary/aromatic N) is 3. The minimum Gasteiger partial charge on any atom is -0.322 e. The lowest BCUT2D eigenvalue weighted by Crippen LogP contribution is -2.24. The molecule has 1 heterocycles. The van der Waals surface area contributed by atoms with E-state index in [4.69, 9.17) is 0 Å². The number of anilines is 1. The molecule has 0 saturated carbocycles. The SMILES string of the molecule is CCCNS(=O)(=O)c1ccc(NC(=O)c2cccc(-c3ncnn3C)c2)cc1. The van der Waals surface area contributed by atoms with Crippen molar-refractivity contribution in [1.29, 1.82) is 0 Å². The van der Waals surface area contributed by atoms with Gasteiger partial charge in [0.2, 0.25) is 10.0 Å². The number of sulfonamides is 1. The second-order valence-corrected chi connectivity index (χ2v) is 7.93. The van der Waals surface area contributed by atoms with Crippen molar-refractivity contribution in [1.82, 2.24) is 19.5 Å². The van der Waals surface area contributed by atoms with E-state index in [2.05, 4.69) is 20.1 Å². The van der Waals surface area contributed by atoms with Gasteiger partial charge in [-0.25, -0.2) is 22.8 Å². The molecule has 8 nitrogen and oxygen atoms in total. The summed E-state index contributed by atoms with van der Waals surface area (Å²) in [6.07, 6.45) is 2.16. The van der Waals surface area contributed by atoms with Crippen LogP contribution in [-0.2, 0) is 17.1 Å². The fourth-order valence-electron chi connectivity index (χ4n) is 2.60. The number of carbonyl (C=O) groups is 1. The zero-order chi connectivity index (χ0) is 20.1. The molecule has 0 unspecified atom stereocenters. The quantitative estimate of drug-likeness (QED) is 0.635. The highest BCUT2D eigenvalue weighted by atomic mass is 32.2. The third-order valence-electron chi connectivity index (χ3n) is 4.06. The lowest BCUT2D eigenvalue weighted by atomic mass is 10.1. The summed E-state index contributed by atoms with van der Waals surface area (Å²) in [5.41, 5.74) is 1.74. The zero-order valence-corrected chi connectivity index (χ0v) is 16.4. The van der Waals surface area contributed by atoms with Crippen LogP contribution in [0.3, 0.4) is 0 Å². The number of benzene rings is 2. The number of nitrogens with one attached hydrogen (secondary N) is 2. The molecule has 28 heavy (non-hydrogen) atoms.